The number of Topliss-reactive ketones (excluding diaryl/α,β-unsaturated/α-hetero) is 1. The Bertz CT molecular complexity index is 396. The van der Waals surface area contributed by atoms with Crippen LogP contribution < -0.4 is 4.74 Å². The summed E-state index contributed by atoms with van der Waals surface area (Å²) in [6.45, 7) is 5.09. The van der Waals surface area contributed by atoms with E-state index in [0.29, 0.717) is 12.3 Å². The molecule has 16 heavy (non-hydrogen) atoms. The highest BCUT2D eigenvalue weighted by Gasteiger charge is 2.19. The number of ether oxygens (including phenoxy) is 1. The van der Waals surface area contributed by atoms with E-state index in [1.54, 1.807) is 0 Å². The third kappa shape index (κ3) is 2.26. The Hall–Kier alpha value is -1.31. The van der Waals surface area contributed by atoms with E-state index in [1.807, 2.05) is 18.2 Å². The minimum atomic E-state index is 0.267. The van der Waals surface area contributed by atoms with Gasteiger partial charge < -0.3 is 4.74 Å². The number of hydrogen-bond acceptors (Lipinski definition) is 2. The third-order valence-corrected chi connectivity index (χ3v) is 3.23. The third-order valence-electron chi connectivity index (χ3n) is 3.23. The lowest BCUT2D eigenvalue weighted by Crippen LogP contribution is -2.07. The normalized spacial score (nSPS) is 16.0. The van der Waals surface area contributed by atoms with Crippen LogP contribution in [0.3, 0.4) is 0 Å². The van der Waals surface area contributed by atoms with Crippen LogP contribution in [0.4, 0.5) is 0 Å². The molecule has 1 aliphatic carbocycles. The van der Waals surface area contributed by atoms with E-state index in [1.165, 1.54) is 0 Å². The number of benzene rings is 1. The minimum absolute atomic E-state index is 0.267. The number of carbonyl (C=O) groups excluding carboxylic acids is 1. The van der Waals surface area contributed by atoms with Gasteiger partial charge in [-0.1, -0.05) is 20.3 Å². The fourth-order valence-corrected chi connectivity index (χ4v) is 1.88. The molecular weight excluding hydrogens is 200 g/mol. The molecule has 0 spiro atoms. The number of fused-ring (bicyclic) bond motifs is 1. The van der Waals surface area contributed by atoms with Gasteiger partial charge in [-0.25, -0.2) is 0 Å². The molecule has 1 aromatic rings. The Labute approximate surface area is 96.6 Å². The van der Waals surface area contributed by atoms with Crippen LogP contribution in [-0.2, 0) is 6.42 Å². The molecule has 2 rings (SSSR count). The Morgan fingerprint density at radius 3 is 2.94 bits per heavy atom. The molecule has 0 aliphatic heterocycles. The number of ketones is 1. The van der Waals surface area contributed by atoms with E-state index in [0.717, 1.165) is 36.3 Å². The van der Waals surface area contributed by atoms with Crippen LogP contribution in [-0.4, -0.2) is 12.4 Å². The first kappa shape index (κ1) is 11.2. The predicted octanol–water partition coefficient (Wildman–Crippen LogP) is 3.24. The zero-order valence-electron chi connectivity index (χ0n) is 9.95. The van der Waals surface area contributed by atoms with Gasteiger partial charge >= 0.3 is 0 Å². The van der Waals surface area contributed by atoms with Crippen LogP contribution in [0.1, 0.15) is 42.6 Å². The molecule has 0 radical (unpaired) electrons. The first-order valence-electron chi connectivity index (χ1n) is 5.99. The second kappa shape index (κ2) is 4.69. The summed E-state index contributed by atoms with van der Waals surface area (Å²) in [7, 11) is 0. The van der Waals surface area contributed by atoms with E-state index < -0.39 is 0 Å². The molecule has 0 saturated heterocycles. The fraction of sp³-hybridized carbons (Fsp3) is 0.500. The molecule has 1 aromatic carbocycles. The molecule has 1 unspecified atom stereocenters. The molecule has 0 N–H and O–H groups in total. The van der Waals surface area contributed by atoms with Crippen LogP contribution >= 0.6 is 0 Å². The Morgan fingerprint density at radius 1 is 1.38 bits per heavy atom. The SMILES string of the molecule is CCC(C)COc1ccc2c(c1)CCC2=O. The lowest BCUT2D eigenvalue weighted by Gasteiger charge is -2.11. The minimum Gasteiger partial charge on any atom is -0.493 e. The summed E-state index contributed by atoms with van der Waals surface area (Å²) in [6.07, 6.45) is 2.66. The van der Waals surface area contributed by atoms with Crippen LogP contribution in [0, 0.1) is 5.92 Å². The zero-order chi connectivity index (χ0) is 11.5. The van der Waals surface area contributed by atoms with Gasteiger partial charge in [0.15, 0.2) is 5.78 Å². The summed E-state index contributed by atoms with van der Waals surface area (Å²) in [5, 5.41) is 0. The largest absolute Gasteiger partial charge is 0.493 e. The zero-order valence-corrected chi connectivity index (χ0v) is 9.95. The quantitative estimate of drug-likeness (QED) is 0.775. The van der Waals surface area contributed by atoms with Gasteiger partial charge in [-0.2, -0.15) is 0 Å². The molecule has 0 aromatic heterocycles. The Kier molecular flexibility index (Phi) is 3.28. The molecule has 1 aliphatic rings. The lowest BCUT2D eigenvalue weighted by molar-refractivity contribution is 0.0994. The van der Waals surface area contributed by atoms with Crippen molar-refractivity contribution in [3.8, 4) is 5.75 Å². The molecule has 2 heteroatoms. The average Bonchev–Trinajstić information content (AvgIpc) is 2.67. The number of carbonyl (C=O) groups is 1. The van der Waals surface area contributed by atoms with Crippen molar-refractivity contribution >= 4 is 5.78 Å². The van der Waals surface area contributed by atoms with Gasteiger partial charge in [-0.3, -0.25) is 4.79 Å². The second-order valence-electron chi connectivity index (χ2n) is 4.57. The number of hydrogen-bond donors (Lipinski definition) is 0. The average molecular weight is 218 g/mol. The van der Waals surface area contributed by atoms with Gasteiger partial charge in [-0.05, 0) is 36.1 Å². The molecule has 0 fully saturated rings. The van der Waals surface area contributed by atoms with Crippen LogP contribution in [0.15, 0.2) is 18.2 Å². The maximum absolute atomic E-state index is 11.4. The van der Waals surface area contributed by atoms with Crippen molar-refractivity contribution in [2.24, 2.45) is 5.92 Å². The molecule has 0 amide bonds. The first-order valence-corrected chi connectivity index (χ1v) is 5.99. The van der Waals surface area contributed by atoms with Crippen molar-refractivity contribution < 1.29 is 9.53 Å². The molecule has 0 bridgehead atoms. The summed E-state index contributed by atoms with van der Waals surface area (Å²) in [6, 6.07) is 5.82. The summed E-state index contributed by atoms with van der Waals surface area (Å²) in [5.41, 5.74) is 2.03. The molecule has 1 atom stereocenters. The highest BCUT2D eigenvalue weighted by molar-refractivity contribution is 6.00. The molecule has 2 nitrogen and oxygen atoms in total. The van der Waals surface area contributed by atoms with E-state index >= 15 is 0 Å². The highest BCUT2D eigenvalue weighted by atomic mass is 16.5. The van der Waals surface area contributed by atoms with Gasteiger partial charge in [0, 0.05) is 12.0 Å². The van der Waals surface area contributed by atoms with E-state index in [2.05, 4.69) is 13.8 Å². The summed E-state index contributed by atoms with van der Waals surface area (Å²) in [5.74, 6) is 1.74. The van der Waals surface area contributed by atoms with Crippen LogP contribution in [0.25, 0.3) is 0 Å². The summed E-state index contributed by atoms with van der Waals surface area (Å²) < 4.78 is 5.71. The lowest BCUT2D eigenvalue weighted by atomic mass is 10.1. The Balaban J connectivity index is 2.05. The van der Waals surface area contributed by atoms with Crippen LogP contribution in [0.2, 0.25) is 0 Å². The van der Waals surface area contributed by atoms with Gasteiger partial charge in [0.2, 0.25) is 0 Å². The molecular formula is C14H18O2. The van der Waals surface area contributed by atoms with E-state index in [4.69, 9.17) is 4.74 Å². The van der Waals surface area contributed by atoms with Crippen molar-refractivity contribution in [3.63, 3.8) is 0 Å². The van der Waals surface area contributed by atoms with Crippen molar-refractivity contribution in [2.45, 2.75) is 33.1 Å². The van der Waals surface area contributed by atoms with Gasteiger partial charge in [-0.15, -0.1) is 0 Å². The Morgan fingerprint density at radius 2 is 2.19 bits per heavy atom. The topological polar surface area (TPSA) is 26.3 Å². The molecule has 0 heterocycles. The van der Waals surface area contributed by atoms with Gasteiger partial charge in [0.1, 0.15) is 5.75 Å². The standard InChI is InChI=1S/C14H18O2/c1-3-10(2)9-16-12-5-6-13-11(8-12)4-7-14(13)15/h5-6,8,10H,3-4,7,9H2,1-2H3. The molecule has 0 saturated carbocycles. The van der Waals surface area contributed by atoms with E-state index in [-0.39, 0.29) is 5.78 Å². The maximum Gasteiger partial charge on any atom is 0.163 e. The first-order chi connectivity index (χ1) is 7.70. The van der Waals surface area contributed by atoms with Gasteiger partial charge in [0.05, 0.1) is 6.61 Å². The number of rotatable bonds is 4. The molecule has 86 valence electrons. The smallest absolute Gasteiger partial charge is 0.163 e. The maximum atomic E-state index is 11.4. The van der Waals surface area contributed by atoms with Gasteiger partial charge in [0.25, 0.3) is 0 Å². The van der Waals surface area contributed by atoms with Crippen molar-refractivity contribution in [2.75, 3.05) is 6.61 Å². The van der Waals surface area contributed by atoms with E-state index in [9.17, 15) is 4.79 Å². The van der Waals surface area contributed by atoms with Crippen molar-refractivity contribution in [3.05, 3.63) is 29.3 Å². The van der Waals surface area contributed by atoms with Crippen molar-refractivity contribution in [1.82, 2.24) is 0 Å². The van der Waals surface area contributed by atoms with Crippen LogP contribution in [0.5, 0.6) is 5.75 Å². The monoisotopic (exact) mass is 218 g/mol. The summed E-state index contributed by atoms with van der Waals surface area (Å²) >= 11 is 0. The summed E-state index contributed by atoms with van der Waals surface area (Å²) in [4.78, 5) is 11.4. The second-order valence-corrected chi connectivity index (χ2v) is 4.57. The highest BCUT2D eigenvalue weighted by Crippen LogP contribution is 2.26. The van der Waals surface area contributed by atoms with Crippen molar-refractivity contribution in [1.29, 1.82) is 0 Å². The predicted molar refractivity (Wildman–Crippen MR) is 64.0 cm³/mol. The fourth-order valence-electron chi connectivity index (χ4n) is 1.88. The number of aryl methyl sites for hydroxylation is 1.